The molecule has 5 heteroatoms. The van der Waals surface area contributed by atoms with Gasteiger partial charge in [-0.15, -0.1) is 0 Å². The van der Waals surface area contributed by atoms with Crippen molar-refractivity contribution in [2.24, 2.45) is 0 Å². The topological polar surface area (TPSA) is 49.4 Å². The molecule has 1 N–H and O–H groups in total. The Kier molecular flexibility index (Phi) is 5.12. The molecule has 0 aromatic carbocycles. The summed E-state index contributed by atoms with van der Waals surface area (Å²) in [6.45, 7) is 4.44. The zero-order valence-electron chi connectivity index (χ0n) is 10.2. The molecule has 92 valence electrons. The fourth-order valence-corrected chi connectivity index (χ4v) is 2.33. The van der Waals surface area contributed by atoms with E-state index in [4.69, 9.17) is 0 Å². The predicted molar refractivity (Wildman–Crippen MR) is 66.4 cm³/mol. The van der Waals surface area contributed by atoms with Gasteiger partial charge in [-0.3, -0.25) is 9.59 Å². The Morgan fingerprint density at radius 2 is 2.12 bits per heavy atom. The lowest BCUT2D eigenvalue weighted by molar-refractivity contribution is -0.134. The Bertz CT molecular complexity index is 271. The van der Waals surface area contributed by atoms with Crippen LogP contribution in [-0.4, -0.2) is 47.4 Å². The minimum atomic E-state index is -0.383. The van der Waals surface area contributed by atoms with Gasteiger partial charge in [-0.05, 0) is 32.3 Å². The Balaban J connectivity index is 2.63. The summed E-state index contributed by atoms with van der Waals surface area (Å²) in [5, 5.41) is 2.71. The first-order chi connectivity index (χ1) is 7.56. The van der Waals surface area contributed by atoms with Gasteiger partial charge in [-0.1, -0.05) is 0 Å². The van der Waals surface area contributed by atoms with E-state index in [-0.39, 0.29) is 23.9 Å². The van der Waals surface area contributed by atoms with Gasteiger partial charge in [0.05, 0.1) is 0 Å². The molecule has 0 spiro atoms. The highest BCUT2D eigenvalue weighted by Crippen LogP contribution is 2.12. The van der Waals surface area contributed by atoms with Gasteiger partial charge in [0.1, 0.15) is 6.04 Å². The number of nitrogens with zero attached hydrogens (tertiary/aromatic N) is 1. The molecule has 1 aliphatic heterocycles. The van der Waals surface area contributed by atoms with Crippen molar-refractivity contribution in [1.29, 1.82) is 0 Å². The predicted octanol–water partition coefficient (Wildman–Crippen LogP) is 0.865. The van der Waals surface area contributed by atoms with Gasteiger partial charge < -0.3 is 10.2 Å². The van der Waals surface area contributed by atoms with Gasteiger partial charge in [0.25, 0.3) is 0 Å². The minimum absolute atomic E-state index is 0.0132. The second kappa shape index (κ2) is 6.13. The molecule has 1 saturated heterocycles. The van der Waals surface area contributed by atoms with Gasteiger partial charge in [0.2, 0.25) is 11.8 Å². The number of hydrogen-bond donors (Lipinski definition) is 1. The van der Waals surface area contributed by atoms with Crippen LogP contribution in [0, 0.1) is 0 Å². The fourth-order valence-electron chi connectivity index (χ4n) is 1.92. The molecule has 0 aliphatic carbocycles. The van der Waals surface area contributed by atoms with Crippen molar-refractivity contribution < 1.29 is 9.59 Å². The maximum atomic E-state index is 12.0. The van der Waals surface area contributed by atoms with Crippen molar-refractivity contribution in [1.82, 2.24) is 10.2 Å². The van der Waals surface area contributed by atoms with Crippen molar-refractivity contribution in [2.45, 2.75) is 38.8 Å². The smallest absolute Gasteiger partial charge is 0.245 e. The average Bonchev–Trinajstić information content (AvgIpc) is 2.30. The molecule has 0 saturated carbocycles. The van der Waals surface area contributed by atoms with Crippen LogP contribution in [0.4, 0.5) is 0 Å². The van der Waals surface area contributed by atoms with E-state index in [1.165, 1.54) is 0 Å². The second-order valence-electron chi connectivity index (χ2n) is 4.22. The highest BCUT2D eigenvalue weighted by Gasteiger charge is 2.30. The molecule has 2 amide bonds. The lowest BCUT2D eigenvalue weighted by Crippen LogP contribution is -2.45. The van der Waals surface area contributed by atoms with E-state index in [2.05, 4.69) is 11.6 Å². The molecule has 1 rings (SSSR count). The van der Waals surface area contributed by atoms with Gasteiger partial charge in [0.15, 0.2) is 0 Å². The molecule has 0 aromatic rings. The molecule has 1 aliphatic rings. The molecular formula is C11H20N2O2S. The van der Waals surface area contributed by atoms with E-state index in [9.17, 15) is 9.59 Å². The summed E-state index contributed by atoms with van der Waals surface area (Å²) in [5.74, 6) is 1.06. The monoisotopic (exact) mass is 244 g/mol. The number of amides is 2. The molecule has 0 bridgehead atoms. The number of nitrogens with one attached hydrogen (secondary N) is 1. The van der Waals surface area contributed by atoms with Crippen LogP contribution in [0.25, 0.3) is 0 Å². The first-order valence-electron chi connectivity index (χ1n) is 5.65. The van der Waals surface area contributed by atoms with Crippen molar-refractivity contribution in [2.75, 3.05) is 18.6 Å². The Labute approximate surface area is 101 Å². The quantitative estimate of drug-likeness (QED) is 0.746. The average molecular weight is 244 g/mol. The highest BCUT2D eigenvalue weighted by atomic mass is 32.2. The molecule has 1 heterocycles. The molecule has 1 fully saturated rings. The molecule has 2 atom stereocenters. The van der Waals surface area contributed by atoms with E-state index in [0.29, 0.717) is 6.42 Å². The summed E-state index contributed by atoms with van der Waals surface area (Å²) < 4.78 is 0. The third-order valence-corrected chi connectivity index (χ3v) is 3.49. The van der Waals surface area contributed by atoms with Crippen LogP contribution in [0.5, 0.6) is 0 Å². The Morgan fingerprint density at radius 3 is 2.75 bits per heavy atom. The molecule has 2 unspecified atom stereocenters. The van der Waals surface area contributed by atoms with E-state index >= 15 is 0 Å². The summed E-state index contributed by atoms with van der Waals surface area (Å²) in [7, 11) is 0. The van der Waals surface area contributed by atoms with Crippen molar-refractivity contribution >= 4 is 23.6 Å². The third-order valence-electron chi connectivity index (χ3n) is 2.79. The largest absolute Gasteiger partial charge is 0.345 e. The number of rotatable bonds is 4. The van der Waals surface area contributed by atoms with Crippen LogP contribution in [0.3, 0.4) is 0 Å². The van der Waals surface area contributed by atoms with Gasteiger partial charge in [-0.2, -0.15) is 11.8 Å². The standard InChI is InChI=1S/C11H20N2O2S/c1-8-7-10(14)12-9(2)11(15)13(8)5-4-6-16-3/h8-9H,4-7H2,1-3H3,(H,12,14). The molecule has 16 heavy (non-hydrogen) atoms. The normalized spacial score (nSPS) is 26.6. The van der Waals surface area contributed by atoms with Crippen molar-refractivity contribution in [3.05, 3.63) is 0 Å². The second-order valence-corrected chi connectivity index (χ2v) is 5.21. The van der Waals surface area contributed by atoms with Crippen LogP contribution in [0.15, 0.2) is 0 Å². The number of thioether (sulfide) groups is 1. The van der Waals surface area contributed by atoms with E-state index in [1.54, 1.807) is 18.7 Å². The molecule has 0 radical (unpaired) electrons. The van der Waals surface area contributed by atoms with Crippen LogP contribution < -0.4 is 5.32 Å². The third kappa shape index (κ3) is 3.40. The maximum absolute atomic E-state index is 12.0. The summed E-state index contributed by atoms with van der Waals surface area (Å²) in [6, 6.07) is -0.369. The minimum Gasteiger partial charge on any atom is -0.345 e. The van der Waals surface area contributed by atoms with E-state index < -0.39 is 0 Å². The Hall–Kier alpha value is -0.710. The summed E-state index contributed by atoms with van der Waals surface area (Å²) >= 11 is 1.78. The molecule has 4 nitrogen and oxygen atoms in total. The molecular weight excluding hydrogens is 224 g/mol. The maximum Gasteiger partial charge on any atom is 0.245 e. The lowest BCUT2D eigenvalue weighted by atomic mass is 10.2. The summed E-state index contributed by atoms with van der Waals surface area (Å²) in [4.78, 5) is 25.3. The van der Waals surface area contributed by atoms with Crippen LogP contribution in [-0.2, 0) is 9.59 Å². The van der Waals surface area contributed by atoms with Gasteiger partial charge in [-0.25, -0.2) is 0 Å². The van der Waals surface area contributed by atoms with E-state index in [0.717, 1.165) is 18.7 Å². The number of carbonyl (C=O) groups excluding carboxylic acids is 2. The summed E-state index contributed by atoms with van der Waals surface area (Å²) in [6.07, 6.45) is 3.45. The van der Waals surface area contributed by atoms with Gasteiger partial charge >= 0.3 is 0 Å². The van der Waals surface area contributed by atoms with Gasteiger partial charge in [0, 0.05) is 19.0 Å². The summed E-state index contributed by atoms with van der Waals surface area (Å²) in [5.41, 5.74) is 0. The zero-order chi connectivity index (χ0) is 12.1. The van der Waals surface area contributed by atoms with Crippen LogP contribution in [0.2, 0.25) is 0 Å². The number of carbonyl (C=O) groups is 2. The first kappa shape index (κ1) is 13.4. The van der Waals surface area contributed by atoms with Crippen LogP contribution >= 0.6 is 11.8 Å². The van der Waals surface area contributed by atoms with E-state index in [1.807, 2.05) is 11.8 Å². The van der Waals surface area contributed by atoms with Crippen molar-refractivity contribution in [3.8, 4) is 0 Å². The highest BCUT2D eigenvalue weighted by molar-refractivity contribution is 7.98. The first-order valence-corrected chi connectivity index (χ1v) is 7.04. The lowest BCUT2D eigenvalue weighted by Gasteiger charge is -2.27. The zero-order valence-corrected chi connectivity index (χ0v) is 11.0. The van der Waals surface area contributed by atoms with Crippen LogP contribution in [0.1, 0.15) is 26.7 Å². The van der Waals surface area contributed by atoms with Crippen molar-refractivity contribution in [3.63, 3.8) is 0 Å². The molecule has 0 aromatic heterocycles. The Morgan fingerprint density at radius 1 is 1.44 bits per heavy atom. The SMILES string of the molecule is CSCCCN1C(=O)C(C)NC(=O)CC1C. The fraction of sp³-hybridized carbons (Fsp3) is 0.818. The number of hydrogen-bond acceptors (Lipinski definition) is 3.